The minimum absolute atomic E-state index is 0.0184. The summed E-state index contributed by atoms with van der Waals surface area (Å²) in [7, 11) is -3.44. The molecule has 1 fully saturated rings. The van der Waals surface area contributed by atoms with E-state index in [0.717, 1.165) is 27.8 Å². The lowest BCUT2D eigenvalue weighted by molar-refractivity contribution is 0.137. The molecular weight excluding hydrogens is 384 g/mol. The number of hydrogen-bond donors (Lipinski definition) is 0. The number of benzene rings is 2. The second kappa shape index (κ2) is 8.35. The maximum absolute atomic E-state index is 12.7. The smallest absolute Gasteiger partial charge is 0.236 e. The summed E-state index contributed by atoms with van der Waals surface area (Å²) in [4.78, 5) is 4.42. The zero-order valence-corrected chi connectivity index (χ0v) is 17.2. The van der Waals surface area contributed by atoms with E-state index in [0.29, 0.717) is 25.9 Å². The van der Waals surface area contributed by atoms with E-state index in [2.05, 4.69) is 4.98 Å². The number of aryl methyl sites for hydroxylation is 1. The van der Waals surface area contributed by atoms with Crippen LogP contribution in [0.15, 0.2) is 66.2 Å². The molecule has 0 unspecified atom stereocenters. The van der Waals surface area contributed by atoms with Crippen LogP contribution < -0.4 is 4.74 Å². The molecule has 1 saturated heterocycles. The monoisotopic (exact) mass is 408 g/mol. The molecule has 1 aromatic heterocycles. The van der Waals surface area contributed by atoms with Crippen molar-refractivity contribution in [1.82, 2.24) is 9.29 Å². The van der Waals surface area contributed by atoms with E-state index in [4.69, 9.17) is 4.74 Å². The highest BCUT2D eigenvalue weighted by atomic mass is 32.2. The number of ether oxygens (including phenoxy) is 1. The molecule has 6 heteroatoms. The molecule has 0 spiro atoms. The van der Waals surface area contributed by atoms with Crippen LogP contribution in [0.2, 0.25) is 0 Å². The first-order valence-electron chi connectivity index (χ1n) is 9.76. The number of nitrogens with zero attached hydrogens (tertiary/aromatic N) is 2. The third-order valence-electron chi connectivity index (χ3n) is 5.16. The molecule has 2 heterocycles. The number of piperidine rings is 1. The van der Waals surface area contributed by atoms with Crippen molar-refractivity contribution < 1.29 is 13.2 Å². The van der Waals surface area contributed by atoms with E-state index < -0.39 is 10.0 Å². The highest BCUT2D eigenvalue weighted by Gasteiger charge is 2.27. The summed E-state index contributed by atoms with van der Waals surface area (Å²) in [5.41, 5.74) is 2.86. The van der Waals surface area contributed by atoms with Crippen molar-refractivity contribution >= 4 is 27.0 Å². The van der Waals surface area contributed by atoms with Crippen LogP contribution in [0.3, 0.4) is 0 Å². The first kappa shape index (κ1) is 19.6. The maximum Gasteiger partial charge on any atom is 0.236 e. The summed E-state index contributed by atoms with van der Waals surface area (Å²) < 4.78 is 33.0. The van der Waals surface area contributed by atoms with Crippen LogP contribution in [0.1, 0.15) is 24.0 Å². The zero-order chi connectivity index (χ0) is 20.3. The SMILES string of the molecule is Cc1ccc(/C=C/S(=O)(=O)N2CCC(Oc3cccc4cccnc34)CC2)cc1. The third-order valence-corrected chi connectivity index (χ3v) is 6.72. The quantitative estimate of drug-likeness (QED) is 0.628. The molecule has 0 N–H and O–H groups in total. The van der Waals surface area contributed by atoms with Crippen LogP contribution >= 0.6 is 0 Å². The van der Waals surface area contributed by atoms with Gasteiger partial charge in [-0.05, 0) is 43.5 Å². The largest absolute Gasteiger partial charge is 0.488 e. The summed E-state index contributed by atoms with van der Waals surface area (Å²) in [6, 6.07) is 17.6. The fraction of sp³-hybridized carbons (Fsp3) is 0.261. The molecule has 29 heavy (non-hydrogen) atoms. The Hall–Kier alpha value is -2.70. The number of aromatic nitrogens is 1. The van der Waals surface area contributed by atoms with E-state index >= 15 is 0 Å². The molecule has 0 atom stereocenters. The second-order valence-corrected chi connectivity index (χ2v) is 9.12. The summed E-state index contributed by atoms with van der Waals surface area (Å²) in [5, 5.41) is 2.33. The van der Waals surface area contributed by atoms with Gasteiger partial charge in [0.15, 0.2) is 0 Å². The van der Waals surface area contributed by atoms with E-state index in [1.54, 1.807) is 12.3 Å². The molecule has 0 saturated carbocycles. The van der Waals surface area contributed by atoms with Gasteiger partial charge < -0.3 is 4.74 Å². The van der Waals surface area contributed by atoms with Gasteiger partial charge in [-0.25, -0.2) is 8.42 Å². The number of sulfonamides is 1. The predicted octanol–water partition coefficient (Wildman–Crippen LogP) is 4.39. The third kappa shape index (κ3) is 4.66. The average molecular weight is 409 g/mol. The van der Waals surface area contributed by atoms with Crippen LogP contribution in [0.4, 0.5) is 0 Å². The Morgan fingerprint density at radius 1 is 1.03 bits per heavy atom. The van der Waals surface area contributed by atoms with Crippen LogP contribution in [0.25, 0.3) is 17.0 Å². The van der Waals surface area contributed by atoms with Crippen molar-refractivity contribution in [1.29, 1.82) is 0 Å². The second-order valence-electron chi connectivity index (χ2n) is 7.31. The van der Waals surface area contributed by atoms with E-state index in [1.165, 1.54) is 9.71 Å². The highest BCUT2D eigenvalue weighted by molar-refractivity contribution is 7.92. The molecule has 0 bridgehead atoms. The summed E-state index contributed by atoms with van der Waals surface area (Å²) >= 11 is 0. The topological polar surface area (TPSA) is 59.5 Å². The Morgan fingerprint density at radius 2 is 1.76 bits per heavy atom. The maximum atomic E-state index is 12.7. The van der Waals surface area contributed by atoms with Crippen molar-refractivity contribution in [2.24, 2.45) is 0 Å². The Kier molecular flexibility index (Phi) is 5.65. The lowest BCUT2D eigenvalue weighted by Gasteiger charge is -2.30. The number of hydrogen-bond acceptors (Lipinski definition) is 4. The molecular formula is C23H24N2O3S. The molecule has 150 valence electrons. The molecule has 1 aliphatic heterocycles. The van der Waals surface area contributed by atoms with Gasteiger partial charge in [-0.3, -0.25) is 4.98 Å². The normalized spacial score (nSPS) is 16.4. The zero-order valence-electron chi connectivity index (χ0n) is 16.4. The highest BCUT2D eigenvalue weighted by Crippen LogP contribution is 2.27. The minimum Gasteiger partial charge on any atom is -0.488 e. The fourth-order valence-corrected chi connectivity index (χ4v) is 4.70. The molecule has 2 aromatic carbocycles. The Labute approximate surface area is 171 Å². The Morgan fingerprint density at radius 3 is 2.52 bits per heavy atom. The van der Waals surface area contributed by atoms with Crippen molar-refractivity contribution in [3.63, 3.8) is 0 Å². The first-order valence-corrected chi connectivity index (χ1v) is 11.3. The molecule has 5 nitrogen and oxygen atoms in total. The van der Waals surface area contributed by atoms with Crippen LogP contribution in [-0.4, -0.2) is 36.9 Å². The van der Waals surface area contributed by atoms with Gasteiger partial charge >= 0.3 is 0 Å². The minimum atomic E-state index is -3.44. The van der Waals surface area contributed by atoms with Crippen molar-refractivity contribution in [2.75, 3.05) is 13.1 Å². The number of fused-ring (bicyclic) bond motifs is 1. The molecule has 3 aromatic rings. The van der Waals surface area contributed by atoms with E-state index in [9.17, 15) is 8.42 Å². The van der Waals surface area contributed by atoms with Crippen LogP contribution in [-0.2, 0) is 10.0 Å². The lowest BCUT2D eigenvalue weighted by atomic mass is 10.1. The van der Waals surface area contributed by atoms with Crippen LogP contribution in [0.5, 0.6) is 5.75 Å². The van der Waals surface area contributed by atoms with Gasteiger partial charge in [-0.2, -0.15) is 4.31 Å². The van der Waals surface area contributed by atoms with Gasteiger partial charge in [0.25, 0.3) is 0 Å². The van der Waals surface area contributed by atoms with Crippen molar-refractivity contribution in [3.05, 3.63) is 77.3 Å². The van der Waals surface area contributed by atoms with Crippen LogP contribution in [0, 0.1) is 6.92 Å². The number of rotatable bonds is 5. The molecule has 4 rings (SSSR count). The van der Waals surface area contributed by atoms with Crippen molar-refractivity contribution in [3.8, 4) is 5.75 Å². The van der Waals surface area contributed by atoms with Gasteiger partial charge in [0.05, 0.1) is 0 Å². The van der Waals surface area contributed by atoms with Gasteiger partial charge in [0, 0.05) is 30.1 Å². The van der Waals surface area contributed by atoms with Gasteiger partial charge in [-0.15, -0.1) is 0 Å². The van der Waals surface area contributed by atoms with Crippen molar-refractivity contribution in [2.45, 2.75) is 25.9 Å². The molecule has 0 radical (unpaired) electrons. The predicted molar refractivity (Wildman–Crippen MR) is 116 cm³/mol. The summed E-state index contributed by atoms with van der Waals surface area (Å²) in [6.07, 6.45) is 4.70. The number of pyridine rings is 1. The first-order chi connectivity index (χ1) is 14.0. The van der Waals surface area contributed by atoms with Gasteiger partial charge in [0.1, 0.15) is 17.4 Å². The number of para-hydroxylation sites is 1. The standard InChI is InChI=1S/C23H24N2O3S/c1-18-7-9-19(10-8-18)13-17-29(26,27)25-15-11-21(12-16-25)28-22-6-2-4-20-5-3-14-24-23(20)22/h2-10,13-14,17,21H,11-12,15-16H2,1H3/b17-13+. The van der Waals surface area contributed by atoms with E-state index in [-0.39, 0.29) is 6.10 Å². The molecule has 0 amide bonds. The Balaban J connectivity index is 1.39. The van der Waals surface area contributed by atoms with Gasteiger partial charge in [0.2, 0.25) is 10.0 Å². The summed E-state index contributed by atoms with van der Waals surface area (Å²) in [6.45, 7) is 2.90. The fourth-order valence-electron chi connectivity index (χ4n) is 3.48. The average Bonchev–Trinajstić information content (AvgIpc) is 2.74. The molecule has 0 aliphatic carbocycles. The van der Waals surface area contributed by atoms with Gasteiger partial charge in [-0.1, -0.05) is 48.0 Å². The summed E-state index contributed by atoms with van der Waals surface area (Å²) in [5.74, 6) is 0.753. The Bertz CT molecular complexity index is 1110. The molecule has 1 aliphatic rings. The lowest BCUT2D eigenvalue weighted by Crippen LogP contribution is -2.40. The van der Waals surface area contributed by atoms with E-state index in [1.807, 2.05) is 61.5 Å².